The molecule has 7 nitrogen and oxygen atoms in total. The van der Waals surface area contributed by atoms with Crippen LogP contribution in [0.3, 0.4) is 0 Å². The maximum Gasteiger partial charge on any atom is 0.416 e. The first-order valence-electron chi connectivity index (χ1n) is 8.22. The lowest BCUT2D eigenvalue weighted by Gasteiger charge is -2.15. The molecule has 0 saturated carbocycles. The molecule has 2 aromatic rings. The Morgan fingerprint density at radius 3 is 2.39 bits per heavy atom. The summed E-state index contributed by atoms with van der Waals surface area (Å²) >= 11 is 0. The van der Waals surface area contributed by atoms with Gasteiger partial charge in [-0.1, -0.05) is 6.92 Å². The van der Waals surface area contributed by atoms with Crippen LogP contribution < -0.4 is 14.8 Å². The molecule has 0 aliphatic carbocycles. The number of halogens is 3. The first-order valence-corrected chi connectivity index (χ1v) is 8.22. The smallest absolute Gasteiger partial charge is 0.416 e. The molecule has 0 unspecified atom stereocenters. The van der Waals surface area contributed by atoms with Gasteiger partial charge in [0, 0.05) is 12.1 Å². The molecular weight excluding hydrogens is 381 g/mol. The van der Waals surface area contributed by atoms with Crippen molar-refractivity contribution in [1.82, 2.24) is 0 Å². The van der Waals surface area contributed by atoms with Crippen LogP contribution in [-0.4, -0.2) is 24.0 Å². The molecule has 0 heterocycles. The first-order chi connectivity index (χ1) is 13.2. The summed E-state index contributed by atoms with van der Waals surface area (Å²) in [6.07, 6.45) is -3.93. The molecule has 2 rings (SSSR count). The summed E-state index contributed by atoms with van der Waals surface area (Å²) in [5.74, 6) is -0.398. The van der Waals surface area contributed by atoms with Crippen LogP contribution in [0.2, 0.25) is 0 Å². The van der Waals surface area contributed by atoms with Crippen molar-refractivity contribution in [3.63, 3.8) is 0 Å². The van der Waals surface area contributed by atoms with E-state index in [1.807, 2.05) is 6.92 Å². The van der Waals surface area contributed by atoms with Gasteiger partial charge in [-0.3, -0.25) is 14.9 Å². The monoisotopic (exact) mass is 398 g/mol. The third kappa shape index (κ3) is 5.86. The highest BCUT2D eigenvalue weighted by Gasteiger charge is 2.31. The minimum absolute atomic E-state index is 0.110. The van der Waals surface area contributed by atoms with Crippen molar-refractivity contribution in [2.75, 3.05) is 18.5 Å². The number of nitrogens with one attached hydrogen (secondary N) is 1. The molecule has 0 radical (unpaired) electrons. The number of non-ortho nitro benzene ring substituents is 1. The van der Waals surface area contributed by atoms with E-state index in [4.69, 9.17) is 9.47 Å². The zero-order valence-corrected chi connectivity index (χ0v) is 14.8. The second kappa shape index (κ2) is 9.07. The molecule has 1 N–H and O–H groups in total. The molecule has 0 saturated heterocycles. The average Bonchev–Trinajstić information content (AvgIpc) is 2.65. The van der Waals surface area contributed by atoms with E-state index in [0.717, 1.165) is 18.2 Å². The number of hydrogen-bond acceptors (Lipinski definition) is 5. The Hall–Kier alpha value is -3.30. The fraction of sp³-hybridized carbons (Fsp3) is 0.278. The van der Waals surface area contributed by atoms with E-state index in [1.54, 1.807) is 0 Å². The number of benzene rings is 2. The van der Waals surface area contributed by atoms with Gasteiger partial charge in [0.2, 0.25) is 0 Å². The lowest BCUT2D eigenvalue weighted by molar-refractivity contribution is -0.384. The highest BCUT2D eigenvalue weighted by atomic mass is 19.4. The lowest BCUT2D eigenvalue weighted by Crippen LogP contribution is -2.21. The molecule has 0 aliphatic heterocycles. The number of carbonyl (C=O) groups is 1. The van der Waals surface area contributed by atoms with Crippen LogP contribution >= 0.6 is 0 Å². The van der Waals surface area contributed by atoms with Gasteiger partial charge in [0.15, 0.2) is 6.61 Å². The second-order valence-electron chi connectivity index (χ2n) is 5.65. The average molecular weight is 398 g/mol. The third-order valence-corrected chi connectivity index (χ3v) is 3.46. The van der Waals surface area contributed by atoms with Crippen LogP contribution in [-0.2, 0) is 11.0 Å². The van der Waals surface area contributed by atoms with Crippen LogP contribution in [0.15, 0.2) is 42.5 Å². The zero-order valence-electron chi connectivity index (χ0n) is 14.8. The minimum atomic E-state index is -4.57. The van der Waals surface area contributed by atoms with Crippen molar-refractivity contribution in [3.05, 3.63) is 58.1 Å². The van der Waals surface area contributed by atoms with E-state index in [9.17, 15) is 28.1 Å². The minimum Gasteiger partial charge on any atom is -0.491 e. The maximum absolute atomic E-state index is 12.9. The first kappa shape index (κ1) is 21.0. The van der Waals surface area contributed by atoms with Crippen molar-refractivity contribution in [2.45, 2.75) is 19.5 Å². The summed E-state index contributed by atoms with van der Waals surface area (Å²) < 4.78 is 49.3. The van der Waals surface area contributed by atoms with Gasteiger partial charge in [-0.2, -0.15) is 13.2 Å². The predicted octanol–water partition coefficient (Wildman–Crippen LogP) is 4.42. The van der Waals surface area contributed by atoms with E-state index in [0.29, 0.717) is 6.42 Å². The number of ether oxygens (including phenoxy) is 2. The Bertz CT molecular complexity index is 838. The molecule has 2 aromatic carbocycles. The number of carbonyl (C=O) groups excluding carboxylic acids is 1. The molecule has 0 bridgehead atoms. The largest absolute Gasteiger partial charge is 0.491 e. The summed E-state index contributed by atoms with van der Waals surface area (Å²) in [4.78, 5) is 22.1. The van der Waals surface area contributed by atoms with Crippen LogP contribution in [0.25, 0.3) is 0 Å². The topological polar surface area (TPSA) is 90.7 Å². The van der Waals surface area contributed by atoms with Crippen molar-refractivity contribution in [1.29, 1.82) is 0 Å². The highest BCUT2D eigenvalue weighted by Crippen LogP contribution is 2.35. The summed E-state index contributed by atoms with van der Waals surface area (Å²) in [6.45, 7) is 1.61. The number of anilines is 1. The molecular formula is C18H17F3N2O5. The fourth-order valence-electron chi connectivity index (χ4n) is 2.14. The summed E-state index contributed by atoms with van der Waals surface area (Å²) in [5, 5.41) is 12.9. The van der Waals surface area contributed by atoms with E-state index in [1.165, 1.54) is 24.3 Å². The van der Waals surface area contributed by atoms with Crippen LogP contribution in [0.5, 0.6) is 11.5 Å². The number of rotatable bonds is 8. The van der Waals surface area contributed by atoms with E-state index in [2.05, 4.69) is 5.32 Å². The van der Waals surface area contributed by atoms with Gasteiger partial charge < -0.3 is 14.8 Å². The maximum atomic E-state index is 12.9. The molecule has 0 atom stereocenters. The number of nitro groups is 1. The Labute approximate surface area is 158 Å². The van der Waals surface area contributed by atoms with E-state index < -0.39 is 29.2 Å². The molecule has 10 heteroatoms. The van der Waals surface area contributed by atoms with Gasteiger partial charge in [0.05, 0.1) is 22.8 Å². The SMILES string of the molecule is CCCOc1ccc(C(F)(F)F)cc1NC(=O)COc1ccc([N+](=O)[O-])cc1. The molecule has 1 amide bonds. The van der Waals surface area contributed by atoms with E-state index in [-0.39, 0.29) is 29.5 Å². The van der Waals surface area contributed by atoms with Gasteiger partial charge in [0.1, 0.15) is 11.5 Å². The van der Waals surface area contributed by atoms with Gasteiger partial charge in [-0.15, -0.1) is 0 Å². The van der Waals surface area contributed by atoms with Gasteiger partial charge in [-0.05, 0) is 36.8 Å². The molecule has 150 valence electrons. The van der Waals surface area contributed by atoms with Crippen molar-refractivity contribution in [2.24, 2.45) is 0 Å². The quantitative estimate of drug-likeness (QED) is 0.525. The number of nitro benzene ring substituents is 1. The molecule has 0 fully saturated rings. The van der Waals surface area contributed by atoms with E-state index >= 15 is 0 Å². The number of alkyl halides is 3. The summed E-state index contributed by atoms with van der Waals surface area (Å²) in [5.41, 5.74) is -1.19. The van der Waals surface area contributed by atoms with Crippen molar-refractivity contribution < 1.29 is 32.4 Å². The Balaban J connectivity index is 2.07. The Morgan fingerprint density at radius 2 is 1.82 bits per heavy atom. The van der Waals surface area contributed by atoms with Gasteiger partial charge in [-0.25, -0.2) is 0 Å². The van der Waals surface area contributed by atoms with Gasteiger partial charge >= 0.3 is 6.18 Å². The lowest BCUT2D eigenvalue weighted by atomic mass is 10.1. The van der Waals surface area contributed by atoms with Crippen LogP contribution in [0.4, 0.5) is 24.5 Å². The predicted molar refractivity (Wildman–Crippen MR) is 94.5 cm³/mol. The van der Waals surface area contributed by atoms with Crippen molar-refractivity contribution in [3.8, 4) is 11.5 Å². The highest BCUT2D eigenvalue weighted by molar-refractivity contribution is 5.93. The van der Waals surface area contributed by atoms with Crippen LogP contribution in [0.1, 0.15) is 18.9 Å². The summed E-state index contributed by atoms with van der Waals surface area (Å²) in [7, 11) is 0. The zero-order chi connectivity index (χ0) is 20.7. The number of nitrogens with zero attached hydrogens (tertiary/aromatic N) is 1. The summed E-state index contributed by atoms with van der Waals surface area (Å²) in [6, 6.07) is 7.83. The Kier molecular flexibility index (Phi) is 6.80. The normalized spacial score (nSPS) is 11.0. The molecule has 28 heavy (non-hydrogen) atoms. The van der Waals surface area contributed by atoms with Crippen molar-refractivity contribution >= 4 is 17.3 Å². The second-order valence-corrected chi connectivity index (χ2v) is 5.65. The molecule has 0 aliphatic rings. The third-order valence-electron chi connectivity index (χ3n) is 3.46. The molecule has 0 spiro atoms. The van der Waals surface area contributed by atoms with Crippen LogP contribution in [0, 0.1) is 10.1 Å². The Morgan fingerprint density at radius 1 is 1.14 bits per heavy atom. The fourth-order valence-corrected chi connectivity index (χ4v) is 2.14. The number of amides is 1. The molecule has 0 aromatic heterocycles. The standard InChI is InChI=1S/C18H17F3N2O5/c1-2-9-27-16-8-3-12(18(19,20)21)10-15(16)22-17(24)11-28-14-6-4-13(5-7-14)23(25)26/h3-8,10H,2,9,11H2,1H3,(H,22,24). The number of hydrogen-bond donors (Lipinski definition) is 1. The van der Waals surface area contributed by atoms with Gasteiger partial charge in [0.25, 0.3) is 11.6 Å².